The highest BCUT2D eigenvalue weighted by Crippen LogP contribution is 2.36. The van der Waals surface area contributed by atoms with Crippen molar-refractivity contribution < 1.29 is 10.2 Å². The summed E-state index contributed by atoms with van der Waals surface area (Å²) >= 11 is 0. The van der Waals surface area contributed by atoms with Gasteiger partial charge in [0, 0.05) is 11.8 Å². The average Bonchev–Trinajstić information content (AvgIpc) is 2.33. The summed E-state index contributed by atoms with van der Waals surface area (Å²) in [7, 11) is 0. The second-order valence-corrected chi connectivity index (χ2v) is 3.54. The summed E-state index contributed by atoms with van der Waals surface area (Å²) in [6.45, 7) is 2.03. The lowest BCUT2D eigenvalue weighted by molar-refractivity contribution is 0.405. The number of hydrogen-bond acceptors (Lipinski definition) is 3. The molecule has 16 heavy (non-hydrogen) atoms. The van der Waals surface area contributed by atoms with Crippen LogP contribution in [-0.4, -0.2) is 15.2 Å². The molecule has 0 saturated heterocycles. The highest BCUT2D eigenvalue weighted by atomic mass is 16.3. The zero-order chi connectivity index (χ0) is 11.5. The molecule has 1 heterocycles. The standard InChI is InChI=1S/C13H13NO2/c1-2-9-5-4-8-14-12(9)10-6-3-7-11(15)13(10)16/h3-8,15-16H,2H2,1H3. The van der Waals surface area contributed by atoms with Gasteiger partial charge in [-0.3, -0.25) is 4.98 Å². The lowest BCUT2D eigenvalue weighted by Gasteiger charge is -2.09. The molecule has 0 atom stereocenters. The van der Waals surface area contributed by atoms with Crippen LogP contribution in [0.5, 0.6) is 11.5 Å². The maximum absolute atomic E-state index is 9.78. The van der Waals surface area contributed by atoms with Crippen molar-refractivity contribution in [2.24, 2.45) is 0 Å². The van der Waals surface area contributed by atoms with Gasteiger partial charge in [-0.25, -0.2) is 0 Å². The van der Waals surface area contributed by atoms with Gasteiger partial charge in [0.1, 0.15) is 0 Å². The summed E-state index contributed by atoms with van der Waals surface area (Å²) in [6, 6.07) is 8.72. The van der Waals surface area contributed by atoms with Crippen molar-refractivity contribution in [3.05, 3.63) is 42.1 Å². The molecule has 0 saturated carbocycles. The average molecular weight is 215 g/mol. The van der Waals surface area contributed by atoms with Crippen molar-refractivity contribution in [1.29, 1.82) is 0 Å². The molecule has 1 aromatic carbocycles. The van der Waals surface area contributed by atoms with E-state index in [1.165, 1.54) is 6.07 Å². The summed E-state index contributed by atoms with van der Waals surface area (Å²) in [5.41, 5.74) is 2.33. The van der Waals surface area contributed by atoms with Gasteiger partial charge < -0.3 is 10.2 Å². The second kappa shape index (κ2) is 4.23. The number of aryl methyl sites for hydroxylation is 1. The molecular weight excluding hydrogens is 202 g/mol. The number of aromatic nitrogens is 1. The van der Waals surface area contributed by atoms with E-state index in [0.29, 0.717) is 5.56 Å². The van der Waals surface area contributed by atoms with E-state index in [1.54, 1.807) is 18.3 Å². The summed E-state index contributed by atoms with van der Waals surface area (Å²) in [4.78, 5) is 4.25. The molecule has 0 radical (unpaired) electrons. The van der Waals surface area contributed by atoms with E-state index < -0.39 is 0 Å². The first-order valence-corrected chi connectivity index (χ1v) is 5.19. The van der Waals surface area contributed by atoms with Gasteiger partial charge in [-0.2, -0.15) is 0 Å². The molecular formula is C13H13NO2. The van der Waals surface area contributed by atoms with Gasteiger partial charge in [-0.05, 0) is 30.2 Å². The maximum atomic E-state index is 9.78. The van der Waals surface area contributed by atoms with Crippen molar-refractivity contribution in [3.8, 4) is 22.8 Å². The number of phenolic OH excluding ortho intramolecular Hbond substituents is 2. The topological polar surface area (TPSA) is 53.4 Å². The van der Waals surface area contributed by atoms with Crippen LogP contribution >= 0.6 is 0 Å². The van der Waals surface area contributed by atoms with Gasteiger partial charge >= 0.3 is 0 Å². The van der Waals surface area contributed by atoms with Crippen LogP contribution in [0, 0.1) is 0 Å². The number of para-hydroxylation sites is 1. The molecule has 0 aliphatic heterocycles. The van der Waals surface area contributed by atoms with Gasteiger partial charge in [0.15, 0.2) is 11.5 Å². The predicted octanol–water partition coefficient (Wildman–Crippen LogP) is 2.72. The van der Waals surface area contributed by atoms with Gasteiger partial charge in [0.05, 0.1) is 5.69 Å². The number of nitrogens with zero attached hydrogens (tertiary/aromatic N) is 1. The van der Waals surface area contributed by atoms with Crippen molar-refractivity contribution >= 4 is 0 Å². The molecule has 0 aliphatic rings. The molecule has 82 valence electrons. The molecule has 0 fully saturated rings. The quantitative estimate of drug-likeness (QED) is 0.757. The molecule has 0 unspecified atom stereocenters. The number of aromatic hydroxyl groups is 2. The van der Waals surface area contributed by atoms with E-state index >= 15 is 0 Å². The minimum Gasteiger partial charge on any atom is -0.504 e. The Balaban J connectivity index is 2.63. The maximum Gasteiger partial charge on any atom is 0.167 e. The Hall–Kier alpha value is -2.03. The lowest BCUT2D eigenvalue weighted by atomic mass is 10.0. The lowest BCUT2D eigenvalue weighted by Crippen LogP contribution is -1.91. The third-order valence-corrected chi connectivity index (χ3v) is 2.54. The fourth-order valence-electron chi connectivity index (χ4n) is 1.69. The molecule has 0 spiro atoms. The fourth-order valence-corrected chi connectivity index (χ4v) is 1.69. The normalized spacial score (nSPS) is 10.3. The van der Waals surface area contributed by atoms with Gasteiger partial charge in [0.2, 0.25) is 0 Å². The van der Waals surface area contributed by atoms with E-state index in [0.717, 1.165) is 17.7 Å². The van der Waals surface area contributed by atoms with Crippen LogP contribution in [0.1, 0.15) is 12.5 Å². The van der Waals surface area contributed by atoms with Crippen LogP contribution in [0.2, 0.25) is 0 Å². The van der Waals surface area contributed by atoms with Crippen LogP contribution in [0.3, 0.4) is 0 Å². The Labute approximate surface area is 94.0 Å². The Morgan fingerprint density at radius 2 is 1.94 bits per heavy atom. The zero-order valence-electron chi connectivity index (χ0n) is 9.01. The number of benzene rings is 1. The molecule has 3 heteroatoms. The predicted molar refractivity (Wildman–Crippen MR) is 62.4 cm³/mol. The largest absolute Gasteiger partial charge is 0.504 e. The van der Waals surface area contributed by atoms with E-state index in [1.807, 2.05) is 19.1 Å². The van der Waals surface area contributed by atoms with Gasteiger partial charge in [-0.15, -0.1) is 0 Å². The molecule has 1 aromatic heterocycles. The van der Waals surface area contributed by atoms with Crippen molar-refractivity contribution in [3.63, 3.8) is 0 Å². The zero-order valence-corrected chi connectivity index (χ0v) is 9.01. The molecule has 0 bridgehead atoms. The molecule has 2 aromatic rings. The molecule has 2 rings (SSSR count). The number of rotatable bonds is 2. The third-order valence-electron chi connectivity index (χ3n) is 2.54. The fraction of sp³-hybridized carbons (Fsp3) is 0.154. The number of hydrogen-bond donors (Lipinski definition) is 2. The Morgan fingerprint density at radius 3 is 2.69 bits per heavy atom. The van der Waals surface area contributed by atoms with Crippen LogP contribution < -0.4 is 0 Å². The SMILES string of the molecule is CCc1cccnc1-c1cccc(O)c1O. The minimum absolute atomic E-state index is 0.115. The van der Waals surface area contributed by atoms with Gasteiger partial charge in [-0.1, -0.05) is 19.1 Å². The van der Waals surface area contributed by atoms with E-state index in [-0.39, 0.29) is 11.5 Å². The molecule has 3 nitrogen and oxygen atoms in total. The van der Waals surface area contributed by atoms with E-state index in [9.17, 15) is 10.2 Å². The summed E-state index contributed by atoms with van der Waals surface area (Å²) in [5.74, 6) is -0.235. The van der Waals surface area contributed by atoms with Crippen molar-refractivity contribution in [2.45, 2.75) is 13.3 Å². The van der Waals surface area contributed by atoms with Crippen LogP contribution in [-0.2, 0) is 6.42 Å². The summed E-state index contributed by atoms with van der Waals surface area (Å²) in [6.07, 6.45) is 2.51. The number of pyridine rings is 1. The molecule has 0 aliphatic carbocycles. The van der Waals surface area contributed by atoms with Crippen LogP contribution in [0.4, 0.5) is 0 Å². The first-order chi connectivity index (χ1) is 7.74. The smallest absolute Gasteiger partial charge is 0.167 e. The minimum atomic E-state index is -0.120. The second-order valence-electron chi connectivity index (χ2n) is 3.54. The van der Waals surface area contributed by atoms with E-state index in [4.69, 9.17) is 0 Å². The van der Waals surface area contributed by atoms with Crippen molar-refractivity contribution in [1.82, 2.24) is 4.98 Å². The Morgan fingerprint density at radius 1 is 1.12 bits per heavy atom. The monoisotopic (exact) mass is 215 g/mol. The highest BCUT2D eigenvalue weighted by molar-refractivity contribution is 5.72. The van der Waals surface area contributed by atoms with Gasteiger partial charge in [0.25, 0.3) is 0 Å². The van der Waals surface area contributed by atoms with E-state index in [2.05, 4.69) is 4.98 Å². The van der Waals surface area contributed by atoms with Crippen LogP contribution in [0.25, 0.3) is 11.3 Å². The highest BCUT2D eigenvalue weighted by Gasteiger charge is 2.11. The number of phenols is 2. The third kappa shape index (κ3) is 1.72. The first-order valence-electron chi connectivity index (χ1n) is 5.19. The van der Waals surface area contributed by atoms with Crippen molar-refractivity contribution in [2.75, 3.05) is 0 Å². The molecule has 0 amide bonds. The molecule has 2 N–H and O–H groups in total. The van der Waals surface area contributed by atoms with Crippen LogP contribution in [0.15, 0.2) is 36.5 Å². The summed E-state index contributed by atoms with van der Waals surface area (Å²) < 4.78 is 0. The first kappa shape index (κ1) is 10.5. The Kier molecular flexibility index (Phi) is 2.77. The summed E-state index contributed by atoms with van der Waals surface area (Å²) in [5, 5.41) is 19.2. The Bertz CT molecular complexity index is 509.